The van der Waals surface area contributed by atoms with Crippen LogP contribution in [0.5, 0.6) is 0 Å². The predicted molar refractivity (Wildman–Crippen MR) is 49.0 cm³/mol. The maximum absolute atomic E-state index is 8.35. The minimum atomic E-state index is 0.180. The van der Waals surface area contributed by atoms with E-state index in [1.54, 1.807) is 6.08 Å². The molecule has 0 aliphatic heterocycles. The molecule has 1 aromatic carbocycles. The molecule has 0 radical (unpaired) electrons. The number of rotatable bonds is 3. The van der Waals surface area contributed by atoms with Gasteiger partial charge < -0.3 is 5.11 Å². The Bertz CT molecular complexity index is 307. The second kappa shape index (κ2) is 5.17. The largest absolute Gasteiger partial charge is 0.507 e. The first-order valence-electron chi connectivity index (χ1n) is 3.77. The third kappa shape index (κ3) is 3.13. The van der Waals surface area contributed by atoms with Crippen LogP contribution in [-0.2, 0) is 11.5 Å². The molecule has 0 aliphatic carbocycles. The van der Waals surface area contributed by atoms with Crippen LogP contribution in [-0.4, -0.2) is 10.4 Å². The van der Waals surface area contributed by atoms with Crippen molar-refractivity contribution in [3.05, 3.63) is 47.4 Å². The molecular formula is C10H10O3. The van der Waals surface area contributed by atoms with E-state index in [1.807, 2.05) is 24.3 Å². The van der Waals surface area contributed by atoms with Gasteiger partial charge in [0, 0.05) is 0 Å². The van der Waals surface area contributed by atoms with Crippen molar-refractivity contribution in [2.45, 2.75) is 6.61 Å². The molecule has 13 heavy (non-hydrogen) atoms. The van der Waals surface area contributed by atoms with Crippen LogP contribution in [0.4, 0.5) is 0 Å². The summed E-state index contributed by atoms with van der Waals surface area (Å²) in [5.41, 5.74) is 4.35. The van der Waals surface area contributed by atoms with E-state index in [1.165, 1.54) is 0 Å². The van der Waals surface area contributed by atoms with Crippen molar-refractivity contribution < 1.29 is 15.3 Å². The van der Waals surface area contributed by atoms with Crippen molar-refractivity contribution in [1.29, 1.82) is 0 Å². The Morgan fingerprint density at radius 3 is 2.54 bits per heavy atom. The fourth-order valence-corrected chi connectivity index (χ4v) is 0.918. The molecule has 68 valence electrons. The molecule has 1 rings (SSSR count). The first-order valence-corrected chi connectivity index (χ1v) is 3.77. The molecule has 2 N–H and O–H groups in total. The van der Waals surface area contributed by atoms with E-state index >= 15 is 0 Å². The molecule has 0 heterocycles. The molecule has 0 aromatic heterocycles. The fraction of sp³-hybridized carbons (Fsp3) is 0.100. The molecule has 0 amide bonds. The maximum Gasteiger partial charge on any atom is 0.121 e. The Morgan fingerprint density at radius 2 is 2.00 bits per heavy atom. The van der Waals surface area contributed by atoms with E-state index in [9.17, 15) is 0 Å². The second-order valence-electron chi connectivity index (χ2n) is 2.46. The van der Waals surface area contributed by atoms with Gasteiger partial charge in [0.15, 0.2) is 0 Å². The van der Waals surface area contributed by atoms with E-state index < -0.39 is 0 Å². The fourth-order valence-electron chi connectivity index (χ4n) is 0.918. The Kier molecular flexibility index (Phi) is 3.79. The third-order valence-electron chi connectivity index (χ3n) is 1.54. The monoisotopic (exact) mass is 178 g/mol. The summed E-state index contributed by atoms with van der Waals surface area (Å²) in [6.07, 6.45) is 2.49. The van der Waals surface area contributed by atoms with E-state index in [4.69, 9.17) is 10.4 Å². The SMILES string of the molecule is OC=C=Cc1ccc(COO)cc1. The molecule has 0 fully saturated rings. The molecular weight excluding hydrogens is 168 g/mol. The number of hydrogen-bond donors (Lipinski definition) is 2. The molecule has 0 aliphatic rings. The highest BCUT2D eigenvalue weighted by Gasteiger charge is 1.91. The van der Waals surface area contributed by atoms with Crippen LogP contribution in [0.3, 0.4) is 0 Å². The van der Waals surface area contributed by atoms with Crippen LogP contribution >= 0.6 is 0 Å². The zero-order valence-electron chi connectivity index (χ0n) is 6.97. The summed E-state index contributed by atoms with van der Waals surface area (Å²) in [6.45, 7) is 0.180. The average Bonchev–Trinajstić information content (AvgIpc) is 2.17. The van der Waals surface area contributed by atoms with Crippen LogP contribution in [0.1, 0.15) is 11.1 Å². The van der Waals surface area contributed by atoms with Crippen molar-refractivity contribution >= 4 is 6.08 Å². The van der Waals surface area contributed by atoms with Crippen LogP contribution in [0.25, 0.3) is 6.08 Å². The molecule has 3 heteroatoms. The summed E-state index contributed by atoms with van der Waals surface area (Å²) in [4.78, 5) is 3.98. The first kappa shape index (κ1) is 9.55. The van der Waals surface area contributed by atoms with Gasteiger partial charge in [0.2, 0.25) is 0 Å². The van der Waals surface area contributed by atoms with Gasteiger partial charge in [-0.3, -0.25) is 5.26 Å². The highest BCUT2D eigenvalue weighted by Crippen LogP contribution is 2.06. The van der Waals surface area contributed by atoms with Gasteiger partial charge >= 0.3 is 0 Å². The van der Waals surface area contributed by atoms with Gasteiger partial charge in [0.05, 0.1) is 0 Å². The topological polar surface area (TPSA) is 49.7 Å². The van der Waals surface area contributed by atoms with E-state index in [2.05, 4.69) is 10.6 Å². The first-order chi connectivity index (χ1) is 6.36. The molecule has 0 saturated carbocycles. The number of benzene rings is 1. The highest BCUT2D eigenvalue weighted by molar-refractivity contribution is 5.48. The van der Waals surface area contributed by atoms with E-state index in [-0.39, 0.29) is 6.61 Å². The molecule has 0 atom stereocenters. The summed E-state index contributed by atoms with van der Waals surface area (Å²) < 4.78 is 0. The lowest BCUT2D eigenvalue weighted by Crippen LogP contribution is -1.86. The number of aliphatic hydroxyl groups is 1. The lowest BCUT2D eigenvalue weighted by atomic mass is 10.1. The molecule has 0 bridgehead atoms. The second-order valence-corrected chi connectivity index (χ2v) is 2.46. The Labute approximate surface area is 76.1 Å². The Hall–Kier alpha value is -1.54. The van der Waals surface area contributed by atoms with Crippen molar-refractivity contribution in [3.63, 3.8) is 0 Å². The maximum atomic E-state index is 8.35. The number of hydrogen-bond acceptors (Lipinski definition) is 3. The van der Waals surface area contributed by atoms with Crippen LogP contribution < -0.4 is 0 Å². The molecule has 0 spiro atoms. The smallest absolute Gasteiger partial charge is 0.121 e. The Balaban J connectivity index is 2.75. The van der Waals surface area contributed by atoms with Crippen molar-refractivity contribution in [2.75, 3.05) is 0 Å². The van der Waals surface area contributed by atoms with Crippen LogP contribution in [0.15, 0.2) is 36.3 Å². The molecule has 0 unspecified atom stereocenters. The van der Waals surface area contributed by atoms with Gasteiger partial charge in [0.1, 0.15) is 12.9 Å². The summed E-state index contributed by atoms with van der Waals surface area (Å²) in [5.74, 6) is 0. The van der Waals surface area contributed by atoms with E-state index in [0.29, 0.717) is 0 Å². The standard InChI is InChI=1S/C10H10O3/c11-7-1-2-9-3-5-10(6-4-9)8-13-12/h2-7,11-12H,8H2. The lowest BCUT2D eigenvalue weighted by molar-refractivity contribution is -0.253. The van der Waals surface area contributed by atoms with Gasteiger partial charge in [-0.25, -0.2) is 4.89 Å². The normalized spacial score (nSPS) is 9.00. The lowest BCUT2D eigenvalue weighted by Gasteiger charge is -1.97. The van der Waals surface area contributed by atoms with E-state index in [0.717, 1.165) is 17.4 Å². The summed E-state index contributed by atoms with van der Waals surface area (Å²) >= 11 is 0. The molecule has 3 nitrogen and oxygen atoms in total. The van der Waals surface area contributed by atoms with Gasteiger partial charge in [-0.05, 0) is 17.2 Å². The number of aliphatic hydroxyl groups excluding tert-OH is 1. The minimum Gasteiger partial charge on any atom is -0.507 e. The van der Waals surface area contributed by atoms with Gasteiger partial charge in [-0.2, -0.15) is 0 Å². The van der Waals surface area contributed by atoms with Crippen LogP contribution in [0, 0.1) is 0 Å². The minimum absolute atomic E-state index is 0.180. The average molecular weight is 178 g/mol. The summed E-state index contributed by atoms with van der Waals surface area (Å²) in [7, 11) is 0. The van der Waals surface area contributed by atoms with Crippen molar-refractivity contribution in [2.24, 2.45) is 0 Å². The predicted octanol–water partition coefficient (Wildman–Crippen LogP) is 2.36. The quantitative estimate of drug-likeness (QED) is 0.323. The van der Waals surface area contributed by atoms with Gasteiger partial charge in [0.25, 0.3) is 0 Å². The van der Waals surface area contributed by atoms with Crippen LogP contribution in [0.2, 0.25) is 0 Å². The highest BCUT2D eigenvalue weighted by atomic mass is 17.1. The summed E-state index contributed by atoms with van der Waals surface area (Å²) in [5, 5.41) is 16.5. The zero-order valence-corrected chi connectivity index (χ0v) is 6.97. The Morgan fingerprint density at radius 1 is 1.31 bits per heavy atom. The zero-order chi connectivity index (χ0) is 9.52. The van der Waals surface area contributed by atoms with Crippen molar-refractivity contribution in [1.82, 2.24) is 0 Å². The third-order valence-corrected chi connectivity index (χ3v) is 1.54. The molecule has 1 aromatic rings. The van der Waals surface area contributed by atoms with Crippen molar-refractivity contribution in [3.8, 4) is 0 Å². The summed E-state index contributed by atoms with van der Waals surface area (Å²) in [6, 6.07) is 7.32. The van der Waals surface area contributed by atoms with Gasteiger partial charge in [-0.1, -0.05) is 30.0 Å². The van der Waals surface area contributed by atoms with Gasteiger partial charge in [-0.15, -0.1) is 0 Å². The molecule has 0 saturated heterocycles.